The Morgan fingerprint density at radius 2 is 0.769 bits per heavy atom. The summed E-state index contributed by atoms with van der Waals surface area (Å²) in [6.45, 7) is 8.45. The van der Waals surface area contributed by atoms with Crippen LogP contribution in [0, 0.1) is 0 Å². The standard InChI is InChI=1S/C10H20O4.C8H16O4.C5H10O4.2C2H6/c11-7-3-1-2-6-10(13)14-9-5-4-8-12;9-5-3-1-2-4-8(11)12-7-6-10;6-2-1-3-9-5(8)4-7;2*1-2/h11-12H,1-9H2;9-10H,1-7H2;6-7H,1-4H2;2*1-2H3. The van der Waals surface area contributed by atoms with Gasteiger partial charge in [-0.05, 0) is 38.5 Å². The Bertz CT molecular complexity index is 448. The predicted octanol–water partition coefficient (Wildman–Crippen LogP) is 1.89. The summed E-state index contributed by atoms with van der Waals surface area (Å²) in [6.07, 6.45) is 7.32. The van der Waals surface area contributed by atoms with Crippen molar-refractivity contribution in [2.75, 3.05) is 59.5 Å². The first-order valence-corrected chi connectivity index (χ1v) is 14.0. The van der Waals surface area contributed by atoms with E-state index in [2.05, 4.69) is 9.47 Å². The Balaban J connectivity index is -0.000000141. The number of carbonyl (C=O) groups excluding carboxylic acids is 3. The summed E-state index contributed by atoms with van der Waals surface area (Å²) in [5.74, 6) is -1.11. The van der Waals surface area contributed by atoms with Crippen LogP contribution in [0.15, 0.2) is 0 Å². The van der Waals surface area contributed by atoms with Gasteiger partial charge in [0.25, 0.3) is 0 Å². The fraction of sp³-hybridized carbons (Fsp3) is 0.889. The zero-order chi connectivity index (χ0) is 31.0. The van der Waals surface area contributed by atoms with E-state index in [0.29, 0.717) is 32.3 Å². The molecule has 0 aliphatic heterocycles. The Morgan fingerprint density at radius 3 is 1.15 bits per heavy atom. The zero-order valence-electron chi connectivity index (χ0n) is 24.8. The maximum Gasteiger partial charge on any atom is 0.331 e. The van der Waals surface area contributed by atoms with Gasteiger partial charge in [0, 0.05) is 45.7 Å². The molecule has 238 valence electrons. The number of aliphatic hydroxyl groups excluding tert-OH is 6. The minimum absolute atomic E-state index is 0.00128. The van der Waals surface area contributed by atoms with Crippen molar-refractivity contribution in [3.05, 3.63) is 0 Å². The minimum Gasteiger partial charge on any atom is -0.466 e. The molecule has 0 aliphatic carbocycles. The van der Waals surface area contributed by atoms with Gasteiger partial charge in [-0.15, -0.1) is 0 Å². The molecular formula is C27H58O12. The van der Waals surface area contributed by atoms with Gasteiger partial charge in [0.2, 0.25) is 0 Å². The maximum absolute atomic E-state index is 11.0. The first-order valence-electron chi connectivity index (χ1n) is 14.0. The summed E-state index contributed by atoms with van der Waals surface area (Å²) < 4.78 is 13.9. The van der Waals surface area contributed by atoms with E-state index in [4.69, 9.17) is 35.4 Å². The van der Waals surface area contributed by atoms with E-state index in [1.807, 2.05) is 27.7 Å². The Labute approximate surface area is 235 Å². The van der Waals surface area contributed by atoms with Gasteiger partial charge < -0.3 is 44.8 Å². The molecule has 0 heterocycles. The van der Waals surface area contributed by atoms with Crippen LogP contribution in [0.2, 0.25) is 0 Å². The molecule has 0 atom stereocenters. The second-order valence-corrected chi connectivity index (χ2v) is 7.12. The normalized spacial score (nSPS) is 9.08. The summed E-state index contributed by atoms with van der Waals surface area (Å²) in [4.78, 5) is 31.9. The molecule has 0 aromatic carbocycles. The van der Waals surface area contributed by atoms with Crippen LogP contribution in [0.4, 0.5) is 0 Å². The molecule has 39 heavy (non-hydrogen) atoms. The maximum atomic E-state index is 11.0. The Kier molecular flexibility index (Phi) is 59.2. The highest BCUT2D eigenvalue weighted by Gasteiger charge is 2.02. The summed E-state index contributed by atoms with van der Waals surface area (Å²) >= 11 is 0. The molecule has 12 heteroatoms. The van der Waals surface area contributed by atoms with Gasteiger partial charge in [0.1, 0.15) is 13.2 Å². The van der Waals surface area contributed by atoms with Crippen molar-refractivity contribution in [1.29, 1.82) is 0 Å². The van der Waals surface area contributed by atoms with Crippen LogP contribution in [-0.4, -0.2) is 108 Å². The molecule has 0 saturated heterocycles. The smallest absolute Gasteiger partial charge is 0.331 e. The minimum atomic E-state index is -0.650. The van der Waals surface area contributed by atoms with Gasteiger partial charge in [-0.25, -0.2) is 4.79 Å². The van der Waals surface area contributed by atoms with E-state index in [-0.39, 0.29) is 58.2 Å². The van der Waals surface area contributed by atoms with Crippen molar-refractivity contribution in [3.8, 4) is 0 Å². The molecule has 0 saturated carbocycles. The third-order valence-corrected chi connectivity index (χ3v) is 3.94. The second-order valence-electron chi connectivity index (χ2n) is 7.12. The third-order valence-electron chi connectivity index (χ3n) is 3.94. The van der Waals surface area contributed by atoms with Crippen molar-refractivity contribution in [1.82, 2.24) is 0 Å². The van der Waals surface area contributed by atoms with Crippen molar-refractivity contribution in [2.45, 2.75) is 98.3 Å². The number of rotatable bonds is 20. The van der Waals surface area contributed by atoms with Crippen LogP contribution < -0.4 is 0 Å². The Morgan fingerprint density at radius 1 is 0.410 bits per heavy atom. The number of aliphatic hydroxyl groups is 6. The van der Waals surface area contributed by atoms with Gasteiger partial charge in [0.15, 0.2) is 0 Å². The average molecular weight is 575 g/mol. The summed E-state index contributed by atoms with van der Waals surface area (Å²) in [6, 6.07) is 0. The fourth-order valence-corrected chi connectivity index (χ4v) is 2.12. The van der Waals surface area contributed by atoms with E-state index in [0.717, 1.165) is 44.9 Å². The lowest BCUT2D eigenvalue weighted by Crippen LogP contribution is -2.10. The molecule has 0 aromatic heterocycles. The van der Waals surface area contributed by atoms with Gasteiger partial charge in [0.05, 0.1) is 19.8 Å². The van der Waals surface area contributed by atoms with E-state index in [1.165, 1.54) is 0 Å². The van der Waals surface area contributed by atoms with Crippen molar-refractivity contribution < 1.29 is 59.2 Å². The van der Waals surface area contributed by atoms with E-state index in [9.17, 15) is 14.4 Å². The van der Waals surface area contributed by atoms with Crippen molar-refractivity contribution in [2.24, 2.45) is 0 Å². The first kappa shape index (κ1) is 47.0. The number of hydrogen-bond acceptors (Lipinski definition) is 12. The molecular weight excluding hydrogens is 516 g/mol. The molecule has 12 nitrogen and oxygen atoms in total. The molecule has 0 spiro atoms. The number of carbonyl (C=O) groups is 3. The summed E-state index contributed by atoms with van der Waals surface area (Å²) in [5.41, 5.74) is 0. The predicted molar refractivity (Wildman–Crippen MR) is 149 cm³/mol. The molecule has 0 rings (SSSR count). The van der Waals surface area contributed by atoms with E-state index < -0.39 is 12.6 Å². The number of unbranched alkanes of at least 4 members (excludes halogenated alkanes) is 5. The molecule has 0 radical (unpaired) electrons. The topological polar surface area (TPSA) is 200 Å². The SMILES string of the molecule is CC.CC.O=C(CCCCCO)OCCCCO.O=C(CCCCCO)OCCO.O=C(CO)OCCCO. The highest BCUT2D eigenvalue weighted by molar-refractivity contribution is 5.70. The highest BCUT2D eigenvalue weighted by Crippen LogP contribution is 2.01. The number of hydrogen-bond donors (Lipinski definition) is 6. The van der Waals surface area contributed by atoms with Gasteiger partial charge in [-0.3, -0.25) is 9.59 Å². The zero-order valence-corrected chi connectivity index (χ0v) is 24.8. The third kappa shape index (κ3) is 57.2. The Hall–Kier alpha value is -1.83. The molecule has 0 bridgehead atoms. The molecule has 0 unspecified atom stereocenters. The quantitative estimate of drug-likeness (QED) is 0.0701. The average Bonchev–Trinajstić information content (AvgIpc) is 2.97. The van der Waals surface area contributed by atoms with Crippen LogP contribution in [0.3, 0.4) is 0 Å². The van der Waals surface area contributed by atoms with E-state index >= 15 is 0 Å². The van der Waals surface area contributed by atoms with Crippen LogP contribution in [0.25, 0.3) is 0 Å². The largest absolute Gasteiger partial charge is 0.466 e. The second kappa shape index (κ2) is 49.2. The van der Waals surface area contributed by atoms with Crippen LogP contribution in [-0.2, 0) is 28.6 Å². The lowest BCUT2D eigenvalue weighted by molar-refractivity contribution is -0.147. The number of esters is 3. The molecule has 0 aliphatic rings. The lowest BCUT2D eigenvalue weighted by atomic mass is 10.2. The fourth-order valence-electron chi connectivity index (χ4n) is 2.12. The number of ether oxygens (including phenoxy) is 3. The van der Waals surface area contributed by atoms with Crippen LogP contribution >= 0.6 is 0 Å². The summed E-state index contributed by atoms with van der Waals surface area (Å²) in [7, 11) is 0. The van der Waals surface area contributed by atoms with Crippen LogP contribution in [0.5, 0.6) is 0 Å². The van der Waals surface area contributed by atoms with Gasteiger partial charge >= 0.3 is 17.9 Å². The highest BCUT2D eigenvalue weighted by atomic mass is 16.5. The van der Waals surface area contributed by atoms with E-state index in [1.54, 1.807) is 0 Å². The molecule has 0 amide bonds. The monoisotopic (exact) mass is 574 g/mol. The molecule has 0 aromatic rings. The molecule has 6 N–H and O–H groups in total. The van der Waals surface area contributed by atoms with Crippen molar-refractivity contribution >= 4 is 17.9 Å². The first-order chi connectivity index (χ1) is 18.9. The van der Waals surface area contributed by atoms with Crippen molar-refractivity contribution in [3.63, 3.8) is 0 Å². The van der Waals surface area contributed by atoms with Gasteiger partial charge in [-0.2, -0.15) is 0 Å². The lowest BCUT2D eigenvalue weighted by Gasteiger charge is -2.03. The van der Waals surface area contributed by atoms with Gasteiger partial charge in [-0.1, -0.05) is 40.5 Å². The molecule has 0 fully saturated rings. The van der Waals surface area contributed by atoms with Crippen LogP contribution in [0.1, 0.15) is 98.3 Å². The summed E-state index contributed by atoms with van der Waals surface area (Å²) in [5, 5.41) is 50.0.